The highest BCUT2D eigenvalue weighted by molar-refractivity contribution is 5.79. The monoisotopic (exact) mass is 259 g/mol. The largest absolute Gasteiger partial charge is 0.469 e. The number of methoxy groups -OCH3 is 2. The Kier molecular flexibility index (Phi) is 8.37. The van der Waals surface area contributed by atoms with Gasteiger partial charge >= 0.3 is 5.97 Å². The number of hydrogen-bond acceptors (Lipinski definition) is 4. The molecule has 0 fully saturated rings. The average Bonchev–Trinajstić information content (AvgIpc) is 2.36. The molecule has 0 rings (SSSR count). The number of carbonyl (C=O) groups is 2. The molecule has 1 unspecified atom stereocenters. The van der Waals surface area contributed by atoms with Crippen molar-refractivity contribution in [2.75, 3.05) is 33.9 Å². The quantitative estimate of drug-likeness (QED) is 0.617. The van der Waals surface area contributed by atoms with Gasteiger partial charge in [-0.3, -0.25) is 9.59 Å². The maximum absolute atomic E-state index is 12.2. The Labute approximate surface area is 109 Å². The van der Waals surface area contributed by atoms with E-state index in [2.05, 4.69) is 4.74 Å². The lowest BCUT2D eigenvalue weighted by Crippen LogP contribution is -2.40. The van der Waals surface area contributed by atoms with Crippen molar-refractivity contribution in [2.24, 2.45) is 11.8 Å². The zero-order chi connectivity index (χ0) is 14.1. The first-order valence-corrected chi connectivity index (χ1v) is 6.28. The van der Waals surface area contributed by atoms with E-state index in [0.717, 1.165) is 0 Å². The summed E-state index contributed by atoms with van der Waals surface area (Å²) < 4.78 is 9.57. The van der Waals surface area contributed by atoms with E-state index in [0.29, 0.717) is 19.7 Å². The van der Waals surface area contributed by atoms with E-state index in [-0.39, 0.29) is 30.1 Å². The van der Waals surface area contributed by atoms with Crippen LogP contribution in [0.3, 0.4) is 0 Å². The second-order valence-electron chi connectivity index (χ2n) is 4.68. The highest BCUT2D eigenvalue weighted by Crippen LogP contribution is 2.13. The van der Waals surface area contributed by atoms with Gasteiger partial charge in [0, 0.05) is 26.1 Å². The molecule has 0 aliphatic carbocycles. The third-order valence-corrected chi connectivity index (χ3v) is 3.08. The molecule has 0 saturated heterocycles. The van der Waals surface area contributed by atoms with E-state index in [1.165, 1.54) is 7.11 Å². The minimum Gasteiger partial charge on any atom is -0.469 e. The number of esters is 1. The lowest BCUT2D eigenvalue weighted by Gasteiger charge is -2.26. The fraction of sp³-hybridized carbons (Fsp3) is 0.846. The number of amides is 1. The van der Waals surface area contributed by atoms with Gasteiger partial charge in [0.15, 0.2) is 0 Å². The molecule has 0 N–H and O–H groups in total. The lowest BCUT2D eigenvalue weighted by molar-refractivity contribution is -0.142. The van der Waals surface area contributed by atoms with Crippen molar-refractivity contribution in [1.29, 1.82) is 0 Å². The van der Waals surface area contributed by atoms with E-state index < -0.39 is 0 Å². The predicted octanol–water partition coefficient (Wildman–Crippen LogP) is 1.32. The van der Waals surface area contributed by atoms with Gasteiger partial charge in [0.25, 0.3) is 0 Å². The average molecular weight is 259 g/mol. The molecule has 0 aliphatic rings. The second-order valence-corrected chi connectivity index (χ2v) is 4.68. The van der Waals surface area contributed by atoms with Crippen LogP contribution in [0.5, 0.6) is 0 Å². The number of ether oxygens (including phenoxy) is 2. The molecule has 0 spiro atoms. The summed E-state index contributed by atoms with van der Waals surface area (Å²) in [6, 6.07) is 0. The molecule has 0 aromatic heterocycles. The molecule has 0 saturated carbocycles. The van der Waals surface area contributed by atoms with Gasteiger partial charge in [-0.2, -0.15) is 0 Å². The van der Waals surface area contributed by atoms with Crippen molar-refractivity contribution >= 4 is 11.9 Å². The molecule has 0 aromatic carbocycles. The predicted molar refractivity (Wildman–Crippen MR) is 69.1 cm³/mol. The van der Waals surface area contributed by atoms with Crippen LogP contribution in [0.2, 0.25) is 0 Å². The minimum absolute atomic E-state index is 0.0560. The van der Waals surface area contributed by atoms with Crippen molar-refractivity contribution < 1.29 is 19.1 Å². The molecular weight excluding hydrogens is 234 g/mol. The van der Waals surface area contributed by atoms with Crippen LogP contribution in [0, 0.1) is 11.8 Å². The second kappa shape index (κ2) is 8.91. The molecule has 0 aliphatic heterocycles. The number of carbonyl (C=O) groups excluding carboxylic acids is 2. The smallest absolute Gasteiger partial charge is 0.307 e. The normalized spacial score (nSPS) is 12.3. The van der Waals surface area contributed by atoms with E-state index in [1.807, 2.05) is 20.8 Å². The number of hydrogen-bond donors (Lipinski definition) is 0. The van der Waals surface area contributed by atoms with Gasteiger partial charge in [-0.15, -0.1) is 0 Å². The Bertz CT molecular complexity index is 266. The first kappa shape index (κ1) is 16.9. The van der Waals surface area contributed by atoms with Crippen LogP contribution in [0.15, 0.2) is 0 Å². The molecule has 18 heavy (non-hydrogen) atoms. The van der Waals surface area contributed by atoms with Crippen LogP contribution >= 0.6 is 0 Å². The molecule has 106 valence electrons. The fourth-order valence-electron chi connectivity index (χ4n) is 1.44. The van der Waals surface area contributed by atoms with Crippen LogP contribution in [0.4, 0.5) is 0 Å². The summed E-state index contributed by atoms with van der Waals surface area (Å²) in [4.78, 5) is 25.0. The molecule has 0 heterocycles. The Hall–Kier alpha value is -1.10. The van der Waals surface area contributed by atoms with E-state index in [4.69, 9.17) is 4.74 Å². The van der Waals surface area contributed by atoms with Crippen molar-refractivity contribution in [3.8, 4) is 0 Å². The summed E-state index contributed by atoms with van der Waals surface area (Å²) >= 11 is 0. The van der Waals surface area contributed by atoms with Gasteiger partial charge in [-0.05, 0) is 5.92 Å². The van der Waals surface area contributed by atoms with E-state index in [1.54, 1.807) is 12.0 Å². The minimum atomic E-state index is -0.303. The van der Waals surface area contributed by atoms with Crippen LogP contribution in [-0.4, -0.2) is 50.7 Å². The van der Waals surface area contributed by atoms with Gasteiger partial charge in [0.2, 0.25) is 5.91 Å². The standard InChI is InChI=1S/C13H25NO4/c1-10(2)11(3)13(16)14(8-9-17-4)7-6-12(15)18-5/h10-11H,6-9H2,1-5H3. The molecule has 1 amide bonds. The number of rotatable bonds is 8. The SMILES string of the molecule is COCCN(CCC(=O)OC)C(=O)C(C)C(C)C. The third kappa shape index (κ3) is 6.00. The molecule has 5 nitrogen and oxygen atoms in total. The molecular formula is C13H25NO4. The van der Waals surface area contributed by atoms with Crippen molar-refractivity contribution in [2.45, 2.75) is 27.2 Å². The molecule has 5 heteroatoms. The first-order valence-electron chi connectivity index (χ1n) is 6.28. The lowest BCUT2D eigenvalue weighted by atomic mass is 9.96. The molecule has 0 radical (unpaired) electrons. The van der Waals surface area contributed by atoms with Gasteiger partial charge in [0.1, 0.15) is 0 Å². The Morgan fingerprint density at radius 1 is 1.11 bits per heavy atom. The summed E-state index contributed by atoms with van der Waals surface area (Å²) in [5.41, 5.74) is 0. The van der Waals surface area contributed by atoms with Gasteiger partial charge in [0.05, 0.1) is 20.1 Å². The van der Waals surface area contributed by atoms with E-state index in [9.17, 15) is 9.59 Å². The third-order valence-electron chi connectivity index (χ3n) is 3.08. The summed E-state index contributed by atoms with van der Waals surface area (Å²) in [5, 5.41) is 0. The van der Waals surface area contributed by atoms with Crippen LogP contribution < -0.4 is 0 Å². The summed E-state index contributed by atoms with van der Waals surface area (Å²) in [6.07, 6.45) is 0.219. The zero-order valence-electron chi connectivity index (χ0n) is 12.1. The fourth-order valence-corrected chi connectivity index (χ4v) is 1.44. The zero-order valence-corrected chi connectivity index (χ0v) is 12.1. The summed E-state index contributed by atoms with van der Waals surface area (Å²) in [6.45, 7) is 7.28. The van der Waals surface area contributed by atoms with Crippen molar-refractivity contribution in [3.63, 3.8) is 0 Å². The first-order chi connectivity index (χ1) is 8.43. The maximum Gasteiger partial charge on any atom is 0.307 e. The molecule has 0 aromatic rings. The van der Waals surface area contributed by atoms with Crippen LogP contribution in [0.1, 0.15) is 27.2 Å². The Balaban J connectivity index is 4.46. The van der Waals surface area contributed by atoms with E-state index >= 15 is 0 Å². The molecule has 0 bridgehead atoms. The van der Waals surface area contributed by atoms with Gasteiger partial charge < -0.3 is 14.4 Å². The summed E-state index contributed by atoms with van der Waals surface area (Å²) in [7, 11) is 2.94. The molecule has 1 atom stereocenters. The van der Waals surface area contributed by atoms with Crippen molar-refractivity contribution in [1.82, 2.24) is 4.90 Å². The highest BCUT2D eigenvalue weighted by atomic mass is 16.5. The van der Waals surface area contributed by atoms with Crippen LogP contribution in [0.25, 0.3) is 0 Å². The highest BCUT2D eigenvalue weighted by Gasteiger charge is 2.23. The van der Waals surface area contributed by atoms with Gasteiger partial charge in [-0.1, -0.05) is 20.8 Å². The van der Waals surface area contributed by atoms with Crippen molar-refractivity contribution in [3.05, 3.63) is 0 Å². The maximum atomic E-state index is 12.2. The Morgan fingerprint density at radius 3 is 2.17 bits per heavy atom. The van der Waals surface area contributed by atoms with Crippen LogP contribution in [-0.2, 0) is 19.1 Å². The summed E-state index contributed by atoms with van der Waals surface area (Å²) in [5.74, 6) is -0.0199. The topological polar surface area (TPSA) is 55.8 Å². The Morgan fingerprint density at radius 2 is 1.72 bits per heavy atom. The van der Waals surface area contributed by atoms with Gasteiger partial charge in [-0.25, -0.2) is 0 Å². The number of nitrogens with zero attached hydrogens (tertiary/aromatic N) is 1.